The highest BCUT2D eigenvalue weighted by atomic mass is 16.5. The van der Waals surface area contributed by atoms with E-state index in [0.717, 1.165) is 22.1 Å². The highest BCUT2D eigenvalue weighted by Crippen LogP contribution is 2.41. The molecule has 1 amide bonds. The van der Waals surface area contributed by atoms with Gasteiger partial charge >= 0.3 is 0 Å². The van der Waals surface area contributed by atoms with Crippen LogP contribution in [0.2, 0.25) is 0 Å². The maximum atomic E-state index is 13.0. The first-order valence-corrected chi connectivity index (χ1v) is 10.9. The van der Waals surface area contributed by atoms with Gasteiger partial charge < -0.3 is 18.9 Å². The summed E-state index contributed by atoms with van der Waals surface area (Å²) in [6, 6.07) is 9.36. The van der Waals surface area contributed by atoms with Gasteiger partial charge in [0.15, 0.2) is 11.4 Å². The van der Waals surface area contributed by atoms with Crippen LogP contribution in [-0.4, -0.2) is 47.5 Å². The average molecular weight is 434 g/mol. The first kappa shape index (κ1) is 20.5. The van der Waals surface area contributed by atoms with Crippen molar-refractivity contribution in [2.75, 3.05) is 20.2 Å². The predicted molar refractivity (Wildman–Crippen MR) is 118 cm³/mol. The van der Waals surface area contributed by atoms with Crippen molar-refractivity contribution in [1.82, 2.24) is 10.1 Å². The maximum Gasteiger partial charge on any atom is 0.228 e. The molecule has 2 aliphatic rings. The molecule has 1 aromatic heterocycles. The summed E-state index contributed by atoms with van der Waals surface area (Å²) in [7, 11) is 1.59. The molecule has 1 saturated heterocycles. The number of aryl methyl sites for hydroxylation is 2. The number of amides is 1. The molecule has 0 radical (unpaired) electrons. The summed E-state index contributed by atoms with van der Waals surface area (Å²) in [5.41, 5.74) is 3.56. The molecular formula is C25H26N2O5. The number of methoxy groups -OCH3 is 1. The van der Waals surface area contributed by atoms with E-state index in [0.29, 0.717) is 55.1 Å². The number of ketones is 1. The molecule has 2 aliphatic heterocycles. The summed E-state index contributed by atoms with van der Waals surface area (Å²) in [4.78, 5) is 27.6. The van der Waals surface area contributed by atoms with Crippen molar-refractivity contribution >= 4 is 22.7 Å². The van der Waals surface area contributed by atoms with Crippen LogP contribution < -0.4 is 9.47 Å². The Morgan fingerprint density at radius 3 is 2.72 bits per heavy atom. The summed E-state index contributed by atoms with van der Waals surface area (Å²) >= 11 is 0. The molecule has 7 heteroatoms. The molecule has 1 spiro atoms. The van der Waals surface area contributed by atoms with Crippen LogP contribution in [0.1, 0.15) is 46.4 Å². The van der Waals surface area contributed by atoms with Gasteiger partial charge in [-0.2, -0.15) is 0 Å². The topological polar surface area (TPSA) is 81.9 Å². The van der Waals surface area contributed by atoms with Gasteiger partial charge in [-0.3, -0.25) is 9.59 Å². The number of aromatic nitrogens is 1. The maximum absolute atomic E-state index is 13.0. The number of Topliss-reactive ketones (excluding diaryl/α,β-unsaturated/α-hetero) is 1. The Morgan fingerprint density at radius 1 is 1.19 bits per heavy atom. The molecule has 7 nitrogen and oxygen atoms in total. The fourth-order valence-corrected chi connectivity index (χ4v) is 4.87. The minimum Gasteiger partial charge on any atom is -0.497 e. The molecule has 3 aromatic rings. The van der Waals surface area contributed by atoms with Crippen LogP contribution in [0.5, 0.6) is 11.5 Å². The zero-order valence-electron chi connectivity index (χ0n) is 18.6. The lowest BCUT2D eigenvalue weighted by molar-refractivity contribution is -0.134. The van der Waals surface area contributed by atoms with Gasteiger partial charge in [0.2, 0.25) is 5.91 Å². The van der Waals surface area contributed by atoms with Crippen LogP contribution in [0.3, 0.4) is 0 Å². The second kappa shape index (κ2) is 7.65. The molecular weight excluding hydrogens is 408 g/mol. The number of likely N-dealkylation sites (tertiary alicyclic amines) is 1. The molecule has 0 atom stereocenters. The van der Waals surface area contributed by atoms with Crippen LogP contribution >= 0.6 is 0 Å². The zero-order valence-corrected chi connectivity index (χ0v) is 18.6. The number of benzene rings is 2. The monoisotopic (exact) mass is 434 g/mol. The average Bonchev–Trinajstić information content (AvgIpc) is 3.16. The SMILES string of the molecule is COc1ccc2c(c1)OC1(CCN(C(=O)Cc3noc4c(C)cc(C)cc34)CC1)CC2=O. The third-order valence-corrected chi connectivity index (χ3v) is 6.62. The number of ether oxygens (including phenoxy) is 2. The van der Waals surface area contributed by atoms with Crippen LogP contribution in [0.25, 0.3) is 11.0 Å². The van der Waals surface area contributed by atoms with Crippen molar-refractivity contribution in [2.24, 2.45) is 0 Å². The normalized spacial score (nSPS) is 17.3. The van der Waals surface area contributed by atoms with Gasteiger partial charge in [-0.25, -0.2) is 0 Å². The van der Waals surface area contributed by atoms with E-state index in [1.165, 1.54) is 0 Å². The van der Waals surface area contributed by atoms with Crippen molar-refractivity contribution < 1.29 is 23.6 Å². The van der Waals surface area contributed by atoms with Gasteiger partial charge in [0.25, 0.3) is 0 Å². The standard InChI is InChI=1S/C25H26N2O5/c1-15-10-16(2)24-19(11-15)20(26-32-24)13-23(29)27-8-6-25(7-9-27)14-21(28)18-5-4-17(30-3)12-22(18)31-25/h4-5,10-12H,6-9,13-14H2,1-3H3. The van der Waals surface area contributed by atoms with Crippen LogP contribution in [-0.2, 0) is 11.2 Å². The lowest BCUT2D eigenvalue weighted by Gasteiger charge is -2.44. The summed E-state index contributed by atoms with van der Waals surface area (Å²) < 4.78 is 17.1. The number of hydrogen-bond acceptors (Lipinski definition) is 6. The van der Waals surface area contributed by atoms with Crippen molar-refractivity contribution in [1.29, 1.82) is 0 Å². The van der Waals surface area contributed by atoms with Crippen molar-refractivity contribution in [3.05, 3.63) is 52.7 Å². The van der Waals surface area contributed by atoms with Gasteiger partial charge in [-0.05, 0) is 43.2 Å². The van der Waals surface area contributed by atoms with E-state index in [-0.39, 0.29) is 18.1 Å². The quantitative estimate of drug-likeness (QED) is 0.619. The minimum atomic E-state index is -0.567. The molecule has 0 bridgehead atoms. The van der Waals surface area contributed by atoms with Crippen LogP contribution in [0, 0.1) is 13.8 Å². The summed E-state index contributed by atoms with van der Waals surface area (Å²) in [5, 5.41) is 5.06. The van der Waals surface area contributed by atoms with Gasteiger partial charge in [0.1, 0.15) is 22.8 Å². The Bertz CT molecular complexity index is 1220. The first-order chi connectivity index (χ1) is 15.4. The predicted octanol–water partition coefficient (Wildman–Crippen LogP) is 4.02. The molecule has 0 saturated carbocycles. The molecule has 166 valence electrons. The Balaban J connectivity index is 1.29. The summed E-state index contributed by atoms with van der Waals surface area (Å²) in [5.74, 6) is 1.32. The smallest absolute Gasteiger partial charge is 0.228 e. The Labute approximate surface area is 186 Å². The van der Waals surface area contributed by atoms with E-state index in [2.05, 4.69) is 5.16 Å². The summed E-state index contributed by atoms with van der Waals surface area (Å²) in [6.45, 7) is 5.09. The lowest BCUT2D eigenvalue weighted by atomic mass is 9.82. The number of rotatable bonds is 3. The highest BCUT2D eigenvalue weighted by molar-refractivity contribution is 6.00. The molecule has 32 heavy (non-hydrogen) atoms. The first-order valence-electron chi connectivity index (χ1n) is 10.9. The van der Waals surface area contributed by atoms with Crippen LogP contribution in [0.4, 0.5) is 0 Å². The van der Waals surface area contributed by atoms with E-state index in [1.54, 1.807) is 25.3 Å². The second-order valence-electron chi connectivity index (χ2n) is 8.89. The van der Waals surface area contributed by atoms with Gasteiger partial charge in [0, 0.05) is 37.4 Å². The van der Waals surface area contributed by atoms with Crippen molar-refractivity contribution in [3.8, 4) is 11.5 Å². The van der Waals surface area contributed by atoms with Crippen LogP contribution in [0.15, 0.2) is 34.9 Å². The molecule has 0 N–H and O–H groups in total. The number of carbonyl (C=O) groups excluding carboxylic acids is 2. The number of nitrogens with zero attached hydrogens (tertiary/aromatic N) is 2. The van der Waals surface area contributed by atoms with Crippen molar-refractivity contribution in [2.45, 2.75) is 45.1 Å². The number of hydrogen-bond donors (Lipinski definition) is 0. The fraction of sp³-hybridized carbons (Fsp3) is 0.400. The van der Waals surface area contributed by atoms with Gasteiger partial charge in [-0.1, -0.05) is 11.2 Å². The molecule has 5 rings (SSSR count). The highest BCUT2D eigenvalue weighted by Gasteiger charge is 2.43. The lowest BCUT2D eigenvalue weighted by Crippen LogP contribution is -2.52. The zero-order chi connectivity index (χ0) is 22.5. The molecule has 3 heterocycles. The van der Waals surface area contributed by atoms with E-state index in [4.69, 9.17) is 14.0 Å². The second-order valence-corrected chi connectivity index (χ2v) is 8.89. The third-order valence-electron chi connectivity index (χ3n) is 6.62. The Kier molecular flexibility index (Phi) is 4.92. The largest absolute Gasteiger partial charge is 0.497 e. The molecule has 0 unspecified atom stereocenters. The molecule has 1 fully saturated rings. The number of fused-ring (bicyclic) bond motifs is 2. The molecule has 2 aromatic carbocycles. The summed E-state index contributed by atoms with van der Waals surface area (Å²) in [6.07, 6.45) is 1.75. The van der Waals surface area contributed by atoms with E-state index >= 15 is 0 Å². The molecule has 0 aliphatic carbocycles. The van der Waals surface area contributed by atoms with Gasteiger partial charge in [-0.15, -0.1) is 0 Å². The third kappa shape index (κ3) is 3.51. The Hall–Kier alpha value is -3.35. The van der Waals surface area contributed by atoms with E-state index in [9.17, 15) is 9.59 Å². The minimum absolute atomic E-state index is 0.0124. The fourth-order valence-electron chi connectivity index (χ4n) is 4.87. The number of carbonyl (C=O) groups is 2. The van der Waals surface area contributed by atoms with Gasteiger partial charge in [0.05, 0.1) is 25.5 Å². The number of piperidine rings is 1. The Morgan fingerprint density at radius 2 is 1.97 bits per heavy atom. The van der Waals surface area contributed by atoms with E-state index < -0.39 is 5.60 Å². The van der Waals surface area contributed by atoms with E-state index in [1.807, 2.05) is 30.9 Å². The van der Waals surface area contributed by atoms with Crippen molar-refractivity contribution in [3.63, 3.8) is 0 Å².